The van der Waals surface area contributed by atoms with Gasteiger partial charge in [-0.1, -0.05) is 20.8 Å². The summed E-state index contributed by atoms with van der Waals surface area (Å²) in [6.07, 6.45) is 0.449. The third kappa shape index (κ3) is 2.78. The molecule has 2 rings (SSSR count). The Labute approximate surface area is 141 Å². The molecule has 6 nitrogen and oxygen atoms in total. The number of carbonyl (C=O) groups is 2. The minimum atomic E-state index is -2.22. The van der Waals surface area contributed by atoms with Crippen molar-refractivity contribution in [3.05, 3.63) is 35.1 Å². The highest BCUT2D eigenvalue weighted by Crippen LogP contribution is 2.47. The molecule has 0 spiro atoms. The van der Waals surface area contributed by atoms with Gasteiger partial charge in [0.1, 0.15) is 17.3 Å². The maximum Gasteiger partial charge on any atom is 0.348 e. The summed E-state index contributed by atoms with van der Waals surface area (Å²) >= 11 is 0. The molecule has 0 amide bonds. The van der Waals surface area contributed by atoms with Crippen LogP contribution in [-0.4, -0.2) is 31.1 Å². The molecular weight excluding hydrogens is 312 g/mol. The van der Waals surface area contributed by atoms with E-state index in [0.717, 1.165) is 0 Å². The van der Waals surface area contributed by atoms with E-state index in [0.29, 0.717) is 12.0 Å². The fourth-order valence-corrected chi connectivity index (χ4v) is 2.64. The summed E-state index contributed by atoms with van der Waals surface area (Å²) in [7, 11) is 1.50. The molecule has 1 N–H and O–H groups in total. The second-order valence-corrected chi connectivity index (χ2v) is 6.51. The van der Waals surface area contributed by atoms with Crippen LogP contribution in [0.5, 0.6) is 11.5 Å². The second-order valence-electron chi connectivity index (χ2n) is 6.51. The van der Waals surface area contributed by atoms with Gasteiger partial charge in [-0.25, -0.2) is 4.79 Å². The molecule has 0 saturated carbocycles. The lowest BCUT2D eigenvalue weighted by molar-refractivity contribution is -0.163. The Morgan fingerprint density at radius 2 is 2.04 bits per heavy atom. The van der Waals surface area contributed by atoms with Crippen LogP contribution in [0.3, 0.4) is 0 Å². The van der Waals surface area contributed by atoms with Gasteiger partial charge in [-0.05, 0) is 19.1 Å². The quantitative estimate of drug-likeness (QED) is 0.672. The molecule has 1 aromatic rings. The molecular formula is C18H22O6. The van der Waals surface area contributed by atoms with E-state index >= 15 is 0 Å². The first-order chi connectivity index (χ1) is 11.2. The molecule has 0 unspecified atom stereocenters. The first-order valence-electron chi connectivity index (χ1n) is 7.66. The van der Waals surface area contributed by atoms with E-state index in [1.165, 1.54) is 13.2 Å². The minimum absolute atomic E-state index is 0.0739. The van der Waals surface area contributed by atoms with Gasteiger partial charge >= 0.3 is 5.97 Å². The van der Waals surface area contributed by atoms with Crippen LogP contribution < -0.4 is 9.47 Å². The Hall–Kier alpha value is -2.34. The summed E-state index contributed by atoms with van der Waals surface area (Å²) in [5.41, 5.74) is -2.83. The van der Waals surface area contributed by atoms with Crippen LogP contribution in [0.2, 0.25) is 0 Å². The summed E-state index contributed by atoms with van der Waals surface area (Å²) in [6.45, 7) is 7.17. The van der Waals surface area contributed by atoms with Crippen molar-refractivity contribution in [1.29, 1.82) is 0 Å². The molecule has 1 aliphatic heterocycles. The van der Waals surface area contributed by atoms with Crippen molar-refractivity contribution in [2.24, 2.45) is 5.41 Å². The van der Waals surface area contributed by atoms with Crippen LogP contribution in [0.4, 0.5) is 0 Å². The summed E-state index contributed by atoms with van der Waals surface area (Å²) < 4.78 is 16.1. The Morgan fingerprint density at radius 1 is 1.38 bits per heavy atom. The Morgan fingerprint density at radius 3 is 2.54 bits per heavy atom. The average molecular weight is 334 g/mol. The average Bonchev–Trinajstić information content (AvgIpc) is 2.53. The van der Waals surface area contributed by atoms with Crippen molar-refractivity contribution in [1.82, 2.24) is 0 Å². The van der Waals surface area contributed by atoms with Gasteiger partial charge in [0.25, 0.3) is 0 Å². The molecule has 0 bridgehead atoms. The lowest BCUT2D eigenvalue weighted by Crippen LogP contribution is -2.45. The number of ether oxygens (including phenoxy) is 3. The zero-order valence-electron chi connectivity index (χ0n) is 14.5. The number of rotatable bonds is 4. The number of fused-ring (bicyclic) bond motifs is 1. The summed E-state index contributed by atoms with van der Waals surface area (Å²) in [5.74, 6) is 0.0561. The zero-order chi connectivity index (χ0) is 18.1. The zero-order valence-corrected chi connectivity index (χ0v) is 14.5. The second kappa shape index (κ2) is 6.28. The van der Waals surface area contributed by atoms with Gasteiger partial charge in [0, 0.05) is 17.0 Å². The van der Waals surface area contributed by atoms with Gasteiger partial charge in [-0.2, -0.15) is 0 Å². The van der Waals surface area contributed by atoms with E-state index < -0.39 is 17.0 Å². The lowest BCUT2D eigenvalue weighted by Gasteiger charge is -2.37. The first-order valence-corrected chi connectivity index (χ1v) is 7.66. The van der Waals surface area contributed by atoms with Crippen molar-refractivity contribution in [2.45, 2.75) is 33.3 Å². The van der Waals surface area contributed by atoms with E-state index in [4.69, 9.17) is 14.2 Å². The fraction of sp³-hybridized carbons (Fsp3) is 0.444. The number of aldehydes is 1. The van der Waals surface area contributed by atoms with Crippen molar-refractivity contribution in [2.75, 3.05) is 13.7 Å². The van der Waals surface area contributed by atoms with Crippen molar-refractivity contribution < 1.29 is 28.9 Å². The maximum atomic E-state index is 12.5. The number of carbonyl (C=O) groups excluding carboxylic acids is 2. The van der Waals surface area contributed by atoms with E-state index in [1.54, 1.807) is 19.1 Å². The molecule has 6 heteroatoms. The van der Waals surface area contributed by atoms with Crippen molar-refractivity contribution >= 4 is 12.3 Å². The van der Waals surface area contributed by atoms with Gasteiger partial charge in [0.15, 0.2) is 6.29 Å². The molecule has 0 aromatic heterocycles. The number of methoxy groups -OCH3 is 1. The maximum absolute atomic E-state index is 12.5. The number of hydrogen-bond donors (Lipinski definition) is 1. The number of esters is 1. The summed E-state index contributed by atoms with van der Waals surface area (Å²) in [6, 6.07) is 4.64. The van der Waals surface area contributed by atoms with Gasteiger partial charge < -0.3 is 19.3 Å². The van der Waals surface area contributed by atoms with Crippen LogP contribution >= 0.6 is 0 Å². The highest BCUT2D eigenvalue weighted by Gasteiger charge is 2.51. The van der Waals surface area contributed by atoms with Crippen LogP contribution in [0.15, 0.2) is 29.5 Å². The molecule has 1 heterocycles. The predicted octanol–water partition coefficient (Wildman–Crippen LogP) is 2.34. The highest BCUT2D eigenvalue weighted by atomic mass is 16.6. The minimum Gasteiger partial charge on any atom is -0.497 e. The predicted molar refractivity (Wildman–Crippen MR) is 86.7 cm³/mol. The monoisotopic (exact) mass is 334 g/mol. The molecule has 0 radical (unpaired) electrons. The SMILES string of the molecule is CCOC(=O)[C@]1(O)C(C=O)=C(C(C)(C)C)Oc2cc(OC)ccc21. The largest absolute Gasteiger partial charge is 0.497 e. The van der Waals surface area contributed by atoms with Crippen LogP contribution in [0.1, 0.15) is 33.3 Å². The molecule has 0 fully saturated rings. The number of benzene rings is 1. The van der Waals surface area contributed by atoms with Crippen LogP contribution in [0, 0.1) is 5.41 Å². The smallest absolute Gasteiger partial charge is 0.348 e. The van der Waals surface area contributed by atoms with Gasteiger partial charge in [-0.15, -0.1) is 0 Å². The first kappa shape index (κ1) is 18.0. The highest BCUT2D eigenvalue weighted by molar-refractivity contribution is 5.96. The number of allylic oxidation sites excluding steroid dienone is 1. The molecule has 130 valence electrons. The van der Waals surface area contributed by atoms with Crippen molar-refractivity contribution in [3.8, 4) is 11.5 Å². The van der Waals surface area contributed by atoms with E-state index in [1.807, 2.05) is 20.8 Å². The topological polar surface area (TPSA) is 82.1 Å². The summed E-state index contributed by atoms with van der Waals surface area (Å²) in [5, 5.41) is 11.2. The van der Waals surface area contributed by atoms with E-state index in [-0.39, 0.29) is 29.3 Å². The Bertz CT molecular complexity index is 698. The van der Waals surface area contributed by atoms with Gasteiger partial charge in [0.2, 0.25) is 5.60 Å². The summed E-state index contributed by atoms with van der Waals surface area (Å²) in [4.78, 5) is 24.3. The fourth-order valence-electron chi connectivity index (χ4n) is 2.64. The van der Waals surface area contributed by atoms with Gasteiger partial charge in [-0.3, -0.25) is 4.79 Å². The number of hydrogen-bond acceptors (Lipinski definition) is 6. The van der Waals surface area contributed by atoms with E-state index in [9.17, 15) is 14.7 Å². The Balaban J connectivity index is 2.78. The van der Waals surface area contributed by atoms with Crippen LogP contribution in [0.25, 0.3) is 0 Å². The molecule has 1 atom stereocenters. The normalized spacial score (nSPS) is 20.1. The lowest BCUT2D eigenvalue weighted by atomic mass is 9.78. The Kier molecular flexibility index (Phi) is 4.71. The molecule has 0 saturated heterocycles. The molecule has 24 heavy (non-hydrogen) atoms. The van der Waals surface area contributed by atoms with Crippen molar-refractivity contribution in [3.63, 3.8) is 0 Å². The third-order valence-corrected chi connectivity index (χ3v) is 3.79. The standard InChI is InChI=1S/C18H22O6/c1-6-23-16(20)18(21)12-8-7-11(22-5)9-14(12)24-15(13(18)10-19)17(2,3)4/h7-10,21H,6H2,1-5H3/t18-/m1/s1. The number of aliphatic hydroxyl groups is 1. The molecule has 1 aliphatic rings. The van der Waals surface area contributed by atoms with E-state index in [2.05, 4.69) is 0 Å². The van der Waals surface area contributed by atoms with Gasteiger partial charge in [0.05, 0.1) is 19.3 Å². The molecule has 1 aromatic carbocycles. The van der Waals surface area contributed by atoms with Crippen LogP contribution in [-0.2, 0) is 19.9 Å². The molecule has 0 aliphatic carbocycles. The third-order valence-electron chi connectivity index (χ3n) is 3.79.